The number of carbonyl (C=O) groups excluding carboxylic acids is 1. The Labute approximate surface area is 143 Å². The van der Waals surface area contributed by atoms with Crippen LogP contribution in [0.3, 0.4) is 0 Å². The second-order valence-corrected chi connectivity index (χ2v) is 8.54. The Morgan fingerprint density at radius 1 is 1.29 bits per heavy atom. The van der Waals surface area contributed by atoms with Crippen molar-refractivity contribution in [2.24, 2.45) is 5.41 Å². The van der Waals surface area contributed by atoms with E-state index in [-0.39, 0.29) is 23.0 Å². The summed E-state index contributed by atoms with van der Waals surface area (Å²) in [6.07, 6.45) is 4.70. The lowest BCUT2D eigenvalue weighted by Gasteiger charge is -2.18. The number of hydrogen-bond acceptors (Lipinski definition) is 5. The number of ketones is 1. The number of hydrogen-bond donors (Lipinski definition) is 0. The summed E-state index contributed by atoms with van der Waals surface area (Å²) in [5.41, 5.74) is 0.752. The first-order valence-electron chi connectivity index (χ1n) is 8.52. The van der Waals surface area contributed by atoms with Crippen LogP contribution in [-0.4, -0.2) is 33.5 Å². The minimum atomic E-state index is -3.70. The molecule has 1 aromatic carbocycles. The van der Waals surface area contributed by atoms with Gasteiger partial charge >= 0.3 is 0 Å². The predicted molar refractivity (Wildman–Crippen MR) is 89.2 cm³/mol. The van der Waals surface area contributed by atoms with Crippen molar-refractivity contribution in [3.63, 3.8) is 0 Å². The SMILES string of the molecule is Cc1ccc(S(=O)(=O)OCCCC2CC3(CCCC3=O)CO2)cc1. The van der Waals surface area contributed by atoms with Crippen LogP contribution >= 0.6 is 0 Å². The van der Waals surface area contributed by atoms with E-state index in [9.17, 15) is 13.2 Å². The molecule has 0 N–H and O–H groups in total. The average molecular weight is 352 g/mol. The van der Waals surface area contributed by atoms with Gasteiger partial charge in [0.25, 0.3) is 10.1 Å². The van der Waals surface area contributed by atoms with E-state index in [1.54, 1.807) is 24.3 Å². The van der Waals surface area contributed by atoms with Gasteiger partial charge in [-0.25, -0.2) is 0 Å². The predicted octanol–water partition coefficient (Wildman–Crippen LogP) is 3.01. The van der Waals surface area contributed by atoms with Gasteiger partial charge < -0.3 is 4.74 Å². The van der Waals surface area contributed by atoms with E-state index in [1.165, 1.54) is 0 Å². The second kappa shape index (κ2) is 6.94. The molecule has 24 heavy (non-hydrogen) atoms. The second-order valence-electron chi connectivity index (χ2n) is 6.93. The van der Waals surface area contributed by atoms with E-state index in [0.717, 1.165) is 31.2 Å². The Morgan fingerprint density at radius 3 is 2.71 bits per heavy atom. The van der Waals surface area contributed by atoms with E-state index < -0.39 is 10.1 Å². The molecule has 2 aliphatic rings. The normalized spacial score (nSPS) is 27.2. The molecule has 1 saturated carbocycles. The lowest BCUT2D eigenvalue weighted by molar-refractivity contribution is -0.125. The molecular formula is C18H24O5S. The van der Waals surface area contributed by atoms with Crippen LogP contribution in [0.4, 0.5) is 0 Å². The third-order valence-corrected chi connectivity index (χ3v) is 6.41. The van der Waals surface area contributed by atoms with Crippen molar-refractivity contribution >= 4 is 15.9 Å². The highest BCUT2D eigenvalue weighted by Crippen LogP contribution is 2.44. The van der Waals surface area contributed by atoms with Crippen LogP contribution in [0.1, 0.15) is 44.1 Å². The van der Waals surface area contributed by atoms with Gasteiger partial charge in [0.2, 0.25) is 0 Å². The van der Waals surface area contributed by atoms with Crippen molar-refractivity contribution in [2.45, 2.75) is 56.4 Å². The quantitative estimate of drug-likeness (QED) is 0.581. The molecule has 2 atom stereocenters. The molecule has 5 nitrogen and oxygen atoms in total. The van der Waals surface area contributed by atoms with Gasteiger partial charge in [0.15, 0.2) is 0 Å². The van der Waals surface area contributed by atoms with Gasteiger partial charge in [-0.05, 0) is 51.2 Å². The van der Waals surface area contributed by atoms with Crippen LogP contribution in [0.25, 0.3) is 0 Å². The summed E-state index contributed by atoms with van der Waals surface area (Å²) in [6.45, 7) is 2.57. The molecule has 6 heteroatoms. The Morgan fingerprint density at radius 2 is 2.04 bits per heavy atom. The van der Waals surface area contributed by atoms with Crippen molar-refractivity contribution in [2.75, 3.05) is 13.2 Å². The molecule has 0 bridgehead atoms. The molecule has 0 radical (unpaired) electrons. The molecule has 2 unspecified atom stereocenters. The van der Waals surface area contributed by atoms with Crippen LogP contribution in [0.15, 0.2) is 29.2 Å². The topological polar surface area (TPSA) is 69.7 Å². The first-order valence-corrected chi connectivity index (χ1v) is 9.93. The average Bonchev–Trinajstić information content (AvgIpc) is 3.12. The lowest BCUT2D eigenvalue weighted by atomic mass is 9.82. The van der Waals surface area contributed by atoms with Gasteiger partial charge in [0.1, 0.15) is 5.78 Å². The summed E-state index contributed by atoms with van der Waals surface area (Å²) in [6, 6.07) is 6.61. The maximum atomic E-state index is 12.1. The molecule has 132 valence electrons. The first kappa shape index (κ1) is 17.6. The number of aryl methyl sites for hydroxylation is 1. The molecule has 1 aliphatic heterocycles. The van der Waals surface area contributed by atoms with Gasteiger partial charge in [-0.2, -0.15) is 8.42 Å². The van der Waals surface area contributed by atoms with Crippen LogP contribution in [-0.2, 0) is 23.8 Å². The van der Waals surface area contributed by atoms with Crippen LogP contribution < -0.4 is 0 Å². The van der Waals surface area contributed by atoms with Crippen molar-refractivity contribution in [3.05, 3.63) is 29.8 Å². The van der Waals surface area contributed by atoms with Gasteiger partial charge in [0, 0.05) is 6.42 Å². The smallest absolute Gasteiger partial charge is 0.296 e. The van der Waals surface area contributed by atoms with Crippen LogP contribution in [0, 0.1) is 12.3 Å². The van der Waals surface area contributed by atoms with E-state index in [0.29, 0.717) is 25.2 Å². The van der Waals surface area contributed by atoms with Crippen LogP contribution in [0.5, 0.6) is 0 Å². The number of carbonyl (C=O) groups is 1. The minimum Gasteiger partial charge on any atom is -0.377 e. The molecule has 1 aliphatic carbocycles. The number of rotatable bonds is 6. The fourth-order valence-corrected chi connectivity index (χ4v) is 4.57. The Hall–Kier alpha value is -1.24. The fraction of sp³-hybridized carbons (Fsp3) is 0.611. The molecule has 2 fully saturated rings. The standard InChI is InChI=1S/C18H24O5S/c1-14-6-8-16(9-7-14)24(20,21)23-11-3-4-15-12-18(13-22-15)10-2-5-17(18)19/h6-9,15H,2-5,10-13H2,1H3. The van der Waals surface area contributed by atoms with Crippen molar-refractivity contribution < 1.29 is 22.1 Å². The zero-order valence-electron chi connectivity index (χ0n) is 14.0. The number of ether oxygens (including phenoxy) is 1. The monoisotopic (exact) mass is 352 g/mol. The minimum absolute atomic E-state index is 0.0396. The van der Waals surface area contributed by atoms with E-state index >= 15 is 0 Å². The zero-order chi connectivity index (χ0) is 17.2. The largest absolute Gasteiger partial charge is 0.377 e. The molecule has 3 rings (SSSR count). The van der Waals surface area contributed by atoms with E-state index in [4.69, 9.17) is 8.92 Å². The highest BCUT2D eigenvalue weighted by Gasteiger charge is 2.48. The summed E-state index contributed by atoms with van der Waals surface area (Å²) in [5.74, 6) is 0.336. The lowest BCUT2D eigenvalue weighted by Crippen LogP contribution is -2.26. The summed E-state index contributed by atoms with van der Waals surface area (Å²) < 4.78 is 35.0. The summed E-state index contributed by atoms with van der Waals surface area (Å²) >= 11 is 0. The molecule has 1 aromatic rings. The molecular weight excluding hydrogens is 328 g/mol. The molecule has 1 spiro atoms. The molecule has 1 heterocycles. The third kappa shape index (κ3) is 3.71. The Balaban J connectivity index is 1.44. The van der Waals surface area contributed by atoms with Gasteiger partial charge in [-0.3, -0.25) is 8.98 Å². The Kier molecular flexibility index (Phi) is 5.08. The van der Waals surface area contributed by atoms with Crippen molar-refractivity contribution in [1.82, 2.24) is 0 Å². The highest BCUT2D eigenvalue weighted by molar-refractivity contribution is 7.86. The number of Topliss-reactive ketones (excluding diaryl/α,β-unsaturated/α-hetero) is 1. The summed E-state index contributed by atoms with van der Waals surface area (Å²) in [5, 5.41) is 0. The van der Waals surface area contributed by atoms with Gasteiger partial charge in [-0.1, -0.05) is 17.7 Å². The third-order valence-electron chi connectivity index (χ3n) is 5.08. The Bertz CT molecular complexity index is 695. The fourth-order valence-electron chi connectivity index (χ4n) is 3.63. The van der Waals surface area contributed by atoms with Crippen molar-refractivity contribution in [1.29, 1.82) is 0 Å². The maximum Gasteiger partial charge on any atom is 0.296 e. The highest BCUT2D eigenvalue weighted by atomic mass is 32.2. The zero-order valence-corrected chi connectivity index (χ0v) is 14.8. The summed E-state index contributed by atoms with van der Waals surface area (Å²) in [7, 11) is -3.70. The van der Waals surface area contributed by atoms with Gasteiger partial charge in [-0.15, -0.1) is 0 Å². The molecule has 1 saturated heterocycles. The van der Waals surface area contributed by atoms with E-state index in [2.05, 4.69) is 0 Å². The molecule has 0 aromatic heterocycles. The number of benzene rings is 1. The molecule has 0 amide bonds. The first-order chi connectivity index (χ1) is 11.4. The van der Waals surface area contributed by atoms with Gasteiger partial charge in [0.05, 0.1) is 29.6 Å². The van der Waals surface area contributed by atoms with E-state index in [1.807, 2.05) is 6.92 Å². The van der Waals surface area contributed by atoms with Crippen molar-refractivity contribution in [3.8, 4) is 0 Å². The maximum absolute atomic E-state index is 12.1. The summed E-state index contributed by atoms with van der Waals surface area (Å²) in [4.78, 5) is 12.2. The van der Waals surface area contributed by atoms with Crippen LogP contribution in [0.2, 0.25) is 0 Å².